The van der Waals surface area contributed by atoms with E-state index < -0.39 is 5.60 Å². The first-order valence-electron chi connectivity index (χ1n) is 9.14. The zero-order chi connectivity index (χ0) is 18.7. The van der Waals surface area contributed by atoms with E-state index in [9.17, 15) is 9.90 Å². The van der Waals surface area contributed by atoms with Crippen molar-refractivity contribution in [1.29, 1.82) is 0 Å². The molecule has 0 bridgehead atoms. The van der Waals surface area contributed by atoms with Crippen molar-refractivity contribution in [2.24, 2.45) is 0 Å². The number of carbonyl (C=O) groups excluding carboxylic acids is 1. The van der Waals surface area contributed by atoms with E-state index in [1.807, 2.05) is 48.5 Å². The molecule has 0 saturated carbocycles. The van der Waals surface area contributed by atoms with Crippen molar-refractivity contribution in [1.82, 2.24) is 20.6 Å². The molecule has 1 aliphatic heterocycles. The number of H-pyrrole nitrogens is 1. The van der Waals surface area contributed by atoms with E-state index >= 15 is 0 Å². The fourth-order valence-corrected chi connectivity index (χ4v) is 3.32. The SMILES string of the molecule is O=C(NC[C@@]1(O)CCCNC1)Nc1ccc(-c2nc3ccccc3[nH]2)cc1. The van der Waals surface area contributed by atoms with Gasteiger partial charge < -0.3 is 26.0 Å². The van der Waals surface area contributed by atoms with E-state index in [0.29, 0.717) is 18.7 Å². The van der Waals surface area contributed by atoms with Crippen LogP contribution in [-0.4, -0.2) is 46.3 Å². The molecular formula is C20H23N5O2. The van der Waals surface area contributed by atoms with Crippen LogP contribution in [0.25, 0.3) is 22.4 Å². The predicted octanol–water partition coefficient (Wildman–Crippen LogP) is 2.47. The van der Waals surface area contributed by atoms with Crippen LogP contribution in [0.2, 0.25) is 0 Å². The molecule has 27 heavy (non-hydrogen) atoms. The van der Waals surface area contributed by atoms with Gasteiger partial charge in [-0.15, -0.1) is 0 Å². The zero-order valence-electron chi connectivity index (χ0n) is 15.0. The summed E-state index contributed by atoms with van der Waals surface area (Å²) in [7, 11) is 0. The molecule has 2 heterocycles. The fraction of sp³-hybridized carbons (Fsp3) is 0.300. The molecule has 5 N–H and O–H groups in total. The Hall–Kier alpha value is -2.90. The molecule has 4 rings (SSSR count). The Kier molecular flexibility index (Phi) is 4.79. The number of rotatable bonds is 4. The van der Waals surface area contributed by atoms with Crippen LogP contribution < -0.4 is 16.0 Å². The second-order valence-electron chi connectivity index (χ2n) is 6.99. The van der Waals surface area contributed by atoms with Crippen LogP contribution >= 0.6 is 0 Å². The zero-order valence-corrected chi connectivity index (χ0v) is 15.0. The van der Waals surface area contributed by atoms with Gasteiger partial charge in [-0.25, -0.2) is 9.78 Å². The van der Waals surface area contributed by atoms with Crippen LogP contribution in [0.5, 0.6) is 0 Å². The van der Waals surface area contributed by atoms with Crippen molar-refractivity contribution in [3.63, 3.8) is 0 Å². The lowest BCUT2D eigenvalue weighted by molar-refractivity contribution is 0.0198. The highest BCUT2D eigenvalue weighted by Gasteiger charge is 2.29. The van der Waals surface area contributed by atoms with Gasteiger partial charge in [0.1, 0.15) is 5.82 Å². The molecule has 1 atom stereocenters. The van der Waals surface area contributed by atoms with E-state index in [4.69, 9.17) is 0 Å². The Labute approximate surface area is 157 Å². The van der Waals surface area contributed by atoms with Crippen LogP contribution in [-0.2, 0) is 0 Å². The summed E-state index contributed by atoms with van der Waals surface area (Å²) in [4.78, 5) is 20.0. The smallest absolute Gasteiger partial charge is 0.319 e. The molecule has 0 radical (unpaired) electrons. The maximum Gasteiger partial charge on any atom is 0.319 e. The number of carbonyl (C=O) groups is 1. The van der Waals surface area contributed by atoms with Gasteiger partial charge >= 0.3 is 6.03 Å². The number of piperidine rings is 1. The van der Waals surface area contributed by atoms with Crippen LogP contribution in [0.4, 0.5) is 10.5 Å². The summed E-state index contributed by atoms with van der Waals surface area (Å²) in [5, 5.41) is 19.1. The van der Waals surface area contributed by atoms with Crippen LogP contribution in [0.15, 0.2) is 48.5 Å². The van der Waals surface area contributed by atoms with Gasteiger partial charge in [-0.1, -0.05) is 12.1 Å². The number of aromatic nitrogens is 2. The van der Waals surface area contributed by atoms with Crippen molar-refractivity contribution in [2.75, 3.05) is 25.0 Å². The van der Waals surface area contributed by atoms with Crippen molar-refractivity contribution < 1.29 is 9.90 Å². The van der Waals surface area contributed by atoms with E-state index in [1.54, 1.807) is 0 Å². The first kappa shape index (κ1) is 17.5. The van der Waals surface area contributed by atoms with Gasteiger partial charge in [-0.2, -0.15) is 0 Å². The van der Waals surface area contributed by atoms with Gasteiger partial charge in [0.05, 0.1) is 16.6 Å². The molecule has 3 aromatic rings. The molecule has 0 spiro atoms. The highest BCUT2D eigenvalue weighted by molar-refractivity contribution is 5.89. The van der Waals surface area contributed by atoms with E-state index in [-0.39, 0.29) is 12.6 Å². The maximum atomic E-state index is 12.1. The van der Waals surface area contributed by atoms with Crippen LogP contribution in [0, 0.1) is 0 Å². The molecule has 1 aliphatic rings. The minimum atomic E-state index is -0.874. The second-order valence-corrected chi connectivity index (χ2v) is 6.99. The number of amides is 2. The number of aromatic amines is 1. The molecule has 2 amide bonds. The minimum Gasteiger partial charge on any atom is -0.387 e. The van der Waals surface area contributed by atoms with E-state index in [2.05, 4.69) is 25.9 Å². The lowest BCUT2D eigenvalue weighted by atomic mass is 9.94. The summed E-state index contributed by atoms with van der Waals surface area (Å²) in [6, 6.07) is 15.0. The monoisotopic (exact) mass is 365 g/mol. The van der Waals surface area contributed by atoms with Gasteiger partial charge in [-0.05, 0) is 55.8 Å². The Bertz CT molecular complexity index is 896. The lowest BCUT2D eigenvalue weighted by Crippen LogP contribution is -2.53. The number of urea groups is 1. The van der Waals surface area contributed by atoms with Crippen molar-refractivity contribution in [3.8, 4) is 11.4 Å². The predicted molar refractivity (Wildman–Crippen MR) is 106 cm³/mol. The third kappa shape index (κ3) is 4.10. The molecule has 140 valence electrons. The number of fused-ring (bicyclic) bond motifs is 1. The molecule has 1 fully saturated rings. The van der Waals surface area contributed by atoms with Crippen molar-refractivity contribution in [3.05, 3.63) is 48.5 Å². The topological polar surface area (TPSA) is 102 Å². The van der Waals surface area contributed by atoms with Gasteiger partial charge in [0, 0.05) is 24.3 Å². The minimum absolute atomic E-state index is 0.225. The quantitative estimate of drug-likeness (QED) is 0.490. The number of benzene rings is 2. The second kappa shape index (κ2) is 7.38. The molecular weight excluding hydrogens is 342 g/mol. The summed E-state index contributed by atoms with van der Waals surface area (Å²) < 4.78 is 0. The third-order valence-corrected chi connectivity index (χ3v) is 4.83. The average Bonchev–Trinajstić information content (AvgIpc) is 3.12. The summed E-state index contributed by atoms with van der Waals surface area (Å²) in [5.74, 6) is 0.791. The number of anilines is 1. The number of imidazole rings is 1. The number of nitrogens with one attached hydrogen (secondary N) is 4. The molecule has 2 aromatic carbocycles. The summed E-state index contributed by atoms with van der Waals surface area (Å²) in [6.07, 6.45) is 1.59. The average molecular weight is 365 g/mol. The molecule has 1 aromatic heterocycles. The largest absolute Gasteiger partial charge is 0.387 e. The first-order chi connectivity index (χ1) is 13.1. The highest BCUT2D eigenvalue weighted by Crippen LogP contribution is 2.22. The Morgan fingerprint density at radius 2 is 2.00 bits per heavy atom. The Morgan fingerprint density at radius 3 is 2.74 bits per heavy atom. The maximum absolute atomic E-state index is 12.1. The Balaban J connectivity index is 1.36. The molecule has 1 saturated heterocycles. The van der Waals surface area contributed by atoms with Crippen molar-refractivity contribution >= 4 is 22.8 Å². The molecule has 7 heteroatoms. The number of aliphatic hydroxyl groups is 1. The van der Waals surface area contributed by atoms with Gasteiger partial charge in [0.25, 0.3) is 0 Å². The van der Waals surface area contributed by atoms with Crippen LogP contribution in [0.3, 0.4) is 0 Å². The molecule has 0 aliphatic carbocycles. The summed E-state index contributed by atoms with van der Waals surface area (Å²) in [5.41, 5.74) is 2.66. The normalized spacial score (nSPS) is 19.7. The van der Waals surface area contributed by atoms with Gasteiger partial charge in [-0.3, -0.25) is 0 Å². The number of hydrogen-bond donors (Lipinski definition) is 5. The lowest BCUT2D eigenvalue weighted by Gasteiger charge is -2.32. The summed E-state index contributed by atoms with van der Waals surface area (Å²) >= 11 is 0. The van der Waals surface area contributed by atoms with Gasteiger partial charge in [0.2, 0.25) is 0 Å². The standard InChI is InChI=1S/C20H23N5O2/c26-19(22-13-20(27)10-3-11-21-12-20)23-15-8-6-14(7-9-15)18-24-16-4-1-2-5-17(16)25-18/h1-2,4-9,21,27H,3,10-13H2,(H,24,25)(H2,22,23,26)/t20-/m1/s1. The number of nitrogens with zero attached hydrogens (tertiary/aromatic N) is 1. The van der Waals surface area contributed by atoms with Gasteiger partial charge in [0.15, 0.2) is 0 Å². The first-order valence-corrected chi connectivity index (χ1v) is 9.14. The van der Waals surface area contributed by atoms with E-state index in [1.165, 1.54) is 0 Å². The Morgan fingerprint density at radius 1 is 1.19 bits per heavy atom. The summed E-state index contributed by atoms with van der Waals surface area (Å²) in [6.45, 7) is 1.63. The number of hydrogen-bond acceptors (Lipinski definition) is 4. The molecule has 0 unspecified atom stereocenters. The van der Waals surface area contributed by atoms with Crippen LogP contribution in [0.1, 0.15) is 12.8 Å². The van der Waals surface area contributed by atoms with E-state index in [0.717, 1.165) is 35.4 Å². The van der Waals surface area contributed by atoms with Crippen molar-refractivity contribution in [2.45, 2.75) is 18.4 Å². The molecule has 7 nitrogen and oxygen atoms in total. The third-order valence-electron chi connectivity index (χ3n) is 4.83. The highest BCUT2D eigenvalue weighted by atomic mass is 16.3. The number of para-hydroxylation sites is 2. The fourth-order valence-electron chi connectivity index (χ4n) is 3.32. The number of β-amino-alcohol motifs (C(OH)–C–C–N with tert-alkyl or cyclic N) is 1.